The highest BCUT2D eigenvalue weighted by molar-refractivity contribution is 7.15. The Balaban J connectivity index is 0.659. The van der Waals surface area contributed by atoms with Gasteiger partial charge in [0.05, 0.1) is 33.7 Å². The number of carbonyl (C=O) groups is 6. The molecule has 9 rings (SSSR count). The van der Waals surface area contributed by atoms with Gasteiger partial charge in [-0.1, -0.05) is 133 Å². The molecule has 0 radical (unpaired) electrons. The number of aliphatic imine (C=N–C) groups is 1. The number of carbonyl (C=O) groups excluding carboxylic acids is 6. The second-order valence-corrected chi connectivity index (χ2v) is 26.3. The highest BCUT2D eigenvalue weighted by Crippen LogP contribution is 2.41. The van der Waals surface area contributed by atoms with Crippen LogP contribution in [-0.2, 0) is 35.2 Å². The first-order valence-corrected chi connectivity index (χ1v) is 33.0. The molecule has 5 heterocycles. The van der Waals surface area contributed by atoms with Crippen LogP contribution in [-0.4, -0.2) is 117 Å². The summed E-state index contributed by atoms with van der Waals surface area (Å²) in [6.07, 6.45) is 14.1. The number of piperazine rings is 1. The molecule has 0 unspecified atom stereocenters. The number of piperidine rings is 1. The molecule has 0 saturated carbocycles. The lowest BCUT2D eigenvalue weighted by Gasteiger charge is -2.34. The monoisotopic (exact) mass is 1280 g/mol. The molecule has 88 heavy (non-hydrogen) atoms. The van der Waals surface area contributed by atoms with E-state index in [9.17, 15) is 28.8 Å². The Kier molecular flexibility index (Phi) is 23.4. The van der Waals surface area contributed by atoms with Gasteiger partial charge in [0.25, 0.3) is 0 Å². The van der Waals surface area contributed by atoms with Crippen LogP contribution < -0.4 is 5.32 Å². The van der Waals surface area contributed by atoms with Crippen molar-refractivity contribution < 1.29 is 28.8 Å². The highest BCUT2D eigenvalue weighted by atomic mass is 35.5. The molecule has 13 nitrogen and oxygen atoms in total. The Morgan fingerprint density at radius 2 is 1.31 bits per heavy atom. The third-order valence-corrected chi connectivity index (χ3v) is 19.5. The van der Waals surface area contributed by atoms with Crippen LogP contribution in [0.3, 0.4) is 0 Å². The van der Waals surface area contributed by atoms with E-state index in [1.807, 2.05) is 91.7 Å². The van der Waals surface area contributed by atoms with Gasteiger partial charge in [-0.05, 0) is 130 Å². The van der Waals surface area contributed by atoms with Crippen LogP contribution in [0, 0.1) is 27.7 Å². The van der Waals surface area contributed by atoms with E-state index in [-0.39, 0.29) is 73.5 Å². The van der Waals surface area contributed by atoms with Crippen molar-refractivity contribution in [3.05, 3.63) is 184 Å². The van der Waals surface area contributed by atoms with Gasteiger partial charge in [-0.2, -0.15) is 0 Å². The minimum absolute atomic E-state index is 0.0317. The van der Waals surface area contributed by atoms with Crippen LogP contribution in [0.15, 0.2) is 113 Å². The Labute approximate surface area is 541 Å². The minimum atomic E-state index is -0.877. The smallest absolute Gasteiger partial charge is 0.246 e. The molecule has 3 aliphatic rings. The number of benzene rings is 4. The van der Waals surface area contributed by atoms with Crippen molar-refractivity contribution >= 4 is 111 Å². The summed E-state index contributed by atoms with van der Waals surface area (Å²) in [5.41, 5.74) is 8.97. The van der Waals surface area contributed by atoms with Crippen molar-refractivity contribution in [2.24, 2.45) is 4.99 Å². The van der Waals surface area contributed by atoms with Gasteiger partial charge in [-0.3, -0.25) is 43.2 Å². The first kappa shape index (κ1) is 65.9. The van der Waals surface area contributed by atoms with Crippen LogP contribution in [0.4, 0.5) is 0 Å². The zero-order chi connectivity index (χ0) is 62.4. The first-order chi connectivity index (χ1) is 42.4. The van der Waals surface area contributed by atoms with Crippen LogP contribution in [0.25, 0.3) is 17.2 Å². The molecule has 0 bridgehead atoms. The van der Waals surface area contributed by atoms with Gasteiger partial charge in [-0.15, -0.1) is 11.3 Å². The Bertz CT molecular complexity index is 3550. The topological polar surface area (TPSA) is 154 Å². The van der Waals surface area contributed by atoms with Gasteiger partial charge >= 0.3 is 0 Å². The van der Waals surface area contributed by atoms with E-state index in [0.717, 1.165) is 108 Å². The molecule has 18 heteroatoms. The second-order valence-electron chi connectivity index (χ2n) is 23.5. The van der Waals surface area contributed by atoms with Gasteiger partial charge in [0.2, 0.25) is 17.7 Å². The van der Waals surface area contributed by atoms with Gasteiger partial charge in [0, 0.05) is 121 Å². The fraction of sp³-hybridized carbons (Fsp3) is 0.400. The molecule has 3 amide bonds. The van der Waals surface area contributed by atoms with E-state index in [4.69, 9.17) is 51.4 Å². The minimum Gasteiger partial charge on any atom is -0.344 e. The lowest BCUT2D eigenvalue weighted by Crippen LogP contribution is -2.52. The van der Waals surface area contributed by atoms with Crippen LogP contribution >= 0.6 is 57.7 Å². The third-order valence-electron chi connectivity index (χ3n) is 16.9. The fourth-order valence-electron chi connectivity index (χ4n) is 11.8. The number of halogens is 4. The number of Topliss-reactive ketones (excluding diaryl/α,β-unsaturated/α-hetero) is 3. The number of amides is 3. The molecule has 4 aromatic carbocycles. The van der Waals surface area contributed by atoms with Gasteiger partial charge in [-0.25, -0.2) is 4.98 Å². The molecule has 2 saturated heterocycles. The van der Waals surface area contributed by atoms with E-state index in [1.165, 1.54) is 10.4 Å². The van der Waals surface area contributed by atoms with Gasteiger partial charge in [0.15, 0.2) is 5.78 Å². The van der Waals surface area contributed by atoms with Gasteiger partial charge < -0.3 is 15.1 Å². The predicted molar refractivity (Wildman–Crippen MR) is 355 cm³/mol. The van der Waals surface area contributed by atoms with Crippen molar-refractivity contribution in [3.63, 3.8) is 0 Å². The molecule has 0 spiro atoms. The lowest BCUT2D eigenvalue weighted by atomic mass is 9.93. The number of ketones is 3. The van der Waals surface area contributed by atoms with Crippen molar-refractivity contribution in [1.29, 1.82) is 0 Å². The average Bonchev–Trinajstić information content (AvgIpc) is 1.66. The van der Waals surface area contributed by atoms with E-state index in [2.05, 4.69) is 33.6 Å². The van der Waals surface area contributed by atoms with Crippen LogP contribution in [0.1, 0.15) is 151 Å². The Morgan fingerprint density at radius 3 is 1.99 bits per heavy atom. The molecule has 2 fully saturated rings. The van der Waals surface area contributed by atoms with Crippen molar-refractivity contribution in [3.8, 4) is 5.00 Å². The van der Waals surface area contributed by atoms with E-state index < -0.39 is 6.04 Å². The summed E-state index contributed by atoms with van der Waals surface area (Å²) in [6, 6.07) is 26.7. The maximum atomic E-state index is 14.6. The standard InChI is InChI=1S/C70H77Cl4N7O6S/c1-45-23-24-50(38-59(45)73)36-53-43-80(44-54(68(53)86)37-51-25-30-58(72)60(74)39-51)69(87)62(40-49-16-10-9-11-17-49)76-64(84)21-13-8-6-5-7-12-18-56(82)19-14-22-65(85)79-34-32-78(33-35-79)31-15-20-57(83)41-61-63-42-75-48(4)81(63)70-66(46(2)47(3)88-70)67(77-61)52-26-28-55(71)29-27-52/h9-11,16-17,23-30,36-39,42,61-62H,5-8,12-15,18-22,31-35,40-41,43-44H2,1-4H3,(H,76,84)/b53-36+,54-37+/t61-,62-/m0/s1. The van der Waals surface area contributed by atoms with Crippen LogP contribution in [0.5, 0.6) is 0 Å². The van der Waals surface area contributed by atoms with E-state index in [0.29, 0.717) is 88.4 Å². The van der Waals surface area contributed by atoms with Crippen molar-refractivity contribution in [1.82, 2.24) is 29.6 Å². The maximum Gasteiger partial charge on any atom is 0.246 e. The number of hydrogen-bond acceptors (Lipinski definition) is 10. The SMILES string of the molecule is Cc1ccc(/C=C2\CN(C(=O)[C@H](Cc3ccccc3)NC(=O)CCCCCCCCC(=O)CCCC(=O)N3CCN(CCCC(=O)C[C@@H]4N=C(c5ccc(Cl)cc5)c5c(sc(C)c5C)-n5c4cnc5C)CC3)C/C(=C\c3ccc(Cl)c(Cl)c3)C2=O)cc1Cl. The largest absolute Gasteiger partial charge is 0.344 e. The highest BCUT2D eigenvalue weighted by Gasteiger charge is 2.35. The number of nitrogens with one attached hydrogen (secondary N) is 1. The van der Waals surface area contributed by atoms with Crippen LogP contribution in [0.2, 0.25) is 20.1 Å². The third kappa shape index (κ3) is 17.5. The number of fused-ring (bicyclic) bond motifs is 3. The quantitative estimate of drug-likeness (QED) is 0.0416. The first-order valence-electron chi connectivity index (χ1n) is 30.7. The number of nitrogens with zero attached hydrogens (tertiary/aromatic N) is 6. The zero-order valence-corrected chi connectivity index (χ0v) is 54.5. The molecule has 0 aliphatic carbocycles. The molecule has 6 aromatic rings. The average molecular weight is 1290 g/mol. The summed E-state index contributed by atoms with van der Waals surface area (Å²) >= 11 is 27.0. The van der Waals surface area contributed by atoms with Gasteiger partial charge in [0.1, 0.15) is 28.4 Å². The summed E-state index contributed by atoms with van der Waals surface area (Å²) in [7, 11) is 0. The number of thiophene rings is 1. The molecule has 2 aromatic heterocycles. The number of imidazole rings is 1. The Hall–Kier alpha value is -6.52. The fourth-order valence-corrected chi connectivity index (χ4v) is 13.6. The van der Waals surface area contributed by atoms with E-state index in [1.54, 1.807) is 52.7 Å². The Morgan fingerprint density at radius 1 is 0.670 bits per heavy atom. The van der Waals surface area contributed by atoms with Crippen molar-refractivity contribution in [2.45, 2.75) is 136 Å². The number of hydrogen-bond donors (Lipinski definition) is 1. The molecular formula is C70H77Cl4N7O6S. The lowest BCUT2D eigenvalue weighted by molar-refractivity contribution is -0.136. The summed E-state index contributed by atoms with van der Waals surface area (Å²) in [4.78, 5) is 99.1. The maximum absolute atomic E-state index is 14.6. The summed E-state index contributed by atoms with van der Waals surface area (Å²) in [5.74, 6) is 0.558. The molecular weight excluding hydrogens is 1210 g/mol. The number of aromatic nitrogens is 2. The normalized spacial score (nSPS) is 16.5. The summed E-state index contributed by atoms with van der Waals surface area (Å²) in [6.45, 7) is 11.8. The predicted octanol–water partition coefficient (Wildman–Crippen LogP) is 14.7. The number of unbranched alkanes of at least 4 members (excludes halogenated alkanes) is 5. The molecule has 462 valence electrons. The molecule has 2 atom stereocenters. The zero-order valence-electron chi connectivity index (χ0n) is 50.7. The molecule has 1 N–H and O–H groups in total. The second kappa shape index (κ2) is 31.3. The van der Waals surface area contributed by atoms with E-state index >= 15 is 0 Å². The number of aryl methyl sites for hydroxylation is 3. The summed E-state index contributed by atoms with van der Waals surface area (Å²) < 4.78 is 2.18. The van der Waals surface area contributed by atoms with Crippen molar-refractivity contribution in [2.75, 3.05) is 45.8 Å². The number of likely N-dealkylation sites (tertiary alicyclic amines) is 1. The number of rotatable bonds is 26. The molecule has 3 aliphatic heterocycles. The summed E-state index contributed by atoms with van der Waals surface area (Å²) in [5, 5.41) is 6.06.